The SMILES string of the molecule is CCc1ccccc1C.N=C=O. The van der Waals surface area contributed by atoms with Crippen LogP contribution >= 0.6 is 0 Å². The van der Waals surface area contributed by atoms with Gasteiger partial charge in [0.15, 0.2) is 0 Å². The summed E-state index contributed by atoms with van der Waals surface area (Å²) in [6, 6.07) is 8.49. The normalized spacial score (nSPS) is 7.83. The highest BCUT2D eigenvalue weighted by Crippen LogP contribution is 2.06. The summed E-state index contributed by atoms with van der Waals surface area (Å²) in [5.74, 6) is 0. The van der Waals surface area contributed by atoms with Crippen molar-refractivity contribution in [1.82, 2.24) is 0 Å². The molecule has 0 radical (unpaired) electrons. The van der Waals surface area contributed by atoms with E-state index in [4.69, 9.17) is 10.2 Å². The lowest BCUT2D eigenvalue weighted by Gasteiger charge is -1.98. The van der Waals surface area contributed by atoms with Crippen LogP contribution in [0.4, 0.5) is 0 Å². The first-order valence-electron chi connectivity index (χ1n) is 3.84. The molecule has 0 heterocycles. The van der Waals surface area contributed by atoms with Gasteiger partial charge >= 0.3 is 0 Å². The number of rotatable bonds is 1. The molecule has 0 atom stereocenters. The second-order valence-electron chi connectivity index (χ2n) is 2.38. The number of hydrogen-bond donors (Lipinski definition) is 1. The third-order valence-corrected chi connectivity index (χ3v) is 1.64. The Morgan fingerprint density at radius 2 is 1.92 bits per heavy atom. The maximum Gasteiger partial charge on any atom is 0.231 e. The van der Waals surface area contributed by atoms with E-state index in [2.05, 4.69) is 38.1 Å². The minimum atomic E-state index is 0.750. The summed E-state index contributed by atoms with van der Waals surface area (Å²) < 4.78 is 0. The Labute approximate surface area is 72.7 Å². The van der Waals surface area contributed by atoms with Crippen LogP contribution in [-0.2, 0) is 11.2 Å². The highest BCUT2D eigenvalue weighted by molar-refractivity contribution is 5.26. The van der Waals surface area contributed by atoms with E-state index in [-0.39, 0.29) is 0 Å². The average Bonchev–Trinajstić information content (AvgIpc) is 2.07. The van der Waals surface area contributed by atoms with Crippen molar-refractivity contribution in [2.24, 2.45) is 0 Å². The molecule has 2 heteroatoms. The van der Waals surface area contributed by atoms with Crippen molar-refractivity contribution >= 4 is 6.08 Å². The van der Waals surface area contributed by atoms with Gasteiger partial charge in [-0.05, 0) is 24.5 Å². The number of aryl methyl sites for hydroxylation is 2. The van der Waals surface area contributed by atoms with Gasteiger partial charge in [-0.3, -0.25) is 0 Å². The standard InChI is InChI=1S/C9H12.CHNO/c1-3-9-7-5-4-6-8(9)2;2-1-3/h4-7H,3H2,1-2H3;2H. The lowest BCUT2D eigenvalue weighted by atomic mass is 10.1. The highest BCUT2D eigenvalue weighted by Gasteiger charge is 1.89. The second kappa shape index (κ2) is 6.32. The lowest BCUT2D eigenvalue weighted by molar-refractivity contribution is 0.563. The van der Waals surface area contributed by atoms with E-state index in [1.54, 1.807) is 0 Å². The minimum Gasteiger partial charge on any atom is -0.222 e. The zero-order chi connectivity index (χ0) is 9.40. The van der Waals surface area contributed by atoms with Gasteiger partial charge in [0.25, 0.3) is 0 Å². The fraction of sp³-hybridized carbons (Fsp3) is 0.300. The molecule has 1 aromatic carbocycles. The van der Waals surface area contributed by atoms with Gasteiger partial charge in [0.2, 0.25) is 6.08 Å². The van der Waals surface area contributed by atoms with E-state index >= 15 is 0 Å². The number of isocyanates is 1. The Morgan fingerprint density at radius 1 is 1.42 bits per heavy atom. The van der Waals surface area contributed by atoms with Crippen LogP contribution in [0.2, 0.25) is 0 Å². The van der Waals surface area contributed by atoms with Crippen molar-refractivity contribution in [3.8, 4) is 0 Å². The monoisotopic (exact) mass is 163 g/mol. The van der Waals surface area contributed by atoms with Crippen LogP contribution in [0, 0.1) is 12.3 Å². The summed E-state index contributed by atoms with van der Waals surface area (Å²) >= 11 is 0. The lowest BCUT2D eigenvalue weighted by Crippen LogP contribution is -1.82. The van der Waals surface area contributed by atoms with Crippen molar-refractivity contribution in [2.75, 3.05) is 0 Å². The second-order valence-corrected chi connectivity index (χ2v) is 2.38. The predicted octanol–water partition coefficient (Wildman–Crippen LogP) is 2.46. The summed E-state index contributed by atoms with van der Waals surface area (Å²) in [5, 5.41) is 5.40. The minimum absolute atomic E-state index is 0.750. The molecule has 0 bridgehead atoms. The highest BCUT2D eigenvalue weighted by atomic mass is 16.1. The summed E-state index contributed by atoms with van der Waals surface area (Å²) in [7, 11) is 0. The van der Waals surface area contributed by atoms with E-state index in [0.717, 1.165) is 12.5 Å². The smallest absolute Gasteiger partial charge is 0.222 e. The van der Waals surface area contributed by atoms with E-state index in [1.807, 2.05) is 0 Å². The third kappa shape index (κ3) is 3.69. The number of nitrogens with one attached hydrogen (secondary N) is 1. The molecule has 0 saturated carbocycles. The van der Waals surface area contributed by atoms with Crippen LogP contribution in [0.15, 0.2) is 24.3 Å². The molecule has 1 rings (SSSR count). The molecule has 0 spiro atoms. The van der Waals surface area contributed by atoms with Gasteiger partial charge in [-0.1, -0.05) is 31.2 Å². The molecule has 1 N–H and O–H groups in total. The van der Waals surface area contributed by atoms with Crippen LogP contribution in [0.1, 0.15) is 18.1 Å². The van der Waals surface area contributed by atoms with Gasteiger partial charge in [-0.2, -0.15) is 0 Å². The van der Waals surface area contributed by atoms with Gasteiger partial charge in [0, 0.05) is 0 Å². The molecule has 0 aliphatic heterocycles. The zero-order valence-electron chi connectivity index (χ0n) is 7.42. The fourth-order valence-corrected chi connectivity index (χ4v) is 1.01. The number of carbonyl (C=O) groups excluding carboxylic acids is 1. The van der Waals surface area contributed by atoms with E-state index < -0.39 is 0 Å². The average molecular weight is 163 g/mol. The van der Waals surface area contributed by atoms with E-state index in [1.165, 1.54) is 11.1 Å². The molecule has 0 unspecified atom stereocenters. The Kier molecular flexibility index (Phi) is 5.58. The molecule has 0 saturated heterocycles. The van der Waals surface area contributed by atoms with Crippen LogP contribution in [0.3, 0.4) is 0 Å². The van der Waals surface area contributed by atoms with Crippen LogP contribution in [0.25, 0.3) is 0 Å². The predicted molar refractivity (Wildman–Crippen MR) is 49.0 cm³/mol. The van der Waals surface area contributed by atoms with Crippen molar-refractivity contribution in [3.05, 3.63) is 35.4 Å². The molecule has 0 amide bonds. The zero-order valence-corrected chi connectivity index (χ0v) is 7.42. The molecule has 0 fully saturated rings. The first-order valence-corrected chi connectivity index (χ1v) is 3.84. The largest absolute Gasteiger partial charge is 0.231 e. The van der Waals surface area contributed by atoms with Crippen molar-refractivity contribution in [1.29, 1.82) is 5.41 Å². The molecule has 64 valence electrons. The van der Waals surface area contributed by atoms with Crippen molar-refractivity contribution in [3.63, 3.8) is 0 Å². The van der Waals surface area contributed by atoms with E-state index in [0.29, 0.717) is 0 Å². The maximum absolute atomic E-state index is 8.35. The summed E-state index contributed by atoms with van der Waals surface area (Å²) in [6.07, 6.45) is 1.90. The van der Waals surface area contributed by atoms with E-state index in [9.17, 15) is 0 Å². The molecule has 1 aromatic rings. The molecule has 2 nitrogen and oxygen atoms in total. The summed E-state index contributed by atoms with van der Waals surface area (Å²) in [6.45, 7) is 4.33. The molecule has 0 aromatic heterocycles. The van der Waals surface area contributed by atoms with Gasteiger partial charge < -0.3 is 0 Å². The van der Waals surface area contributed by atoms with Crippen LogP contribution in [0.5, 0.6) is 0 Å². The quantitative estimate of drug-likeness (QED) is 0.501. The number of hydrogen-bond acceptors (Lipinski definition) is 2. The van der Waals surface area contributed by atoms with Gasteiger partial charge in [0.1, 0.15) is 0 Å². The van der Waals surface area contributed by atoms with Gasteiger partial charge in [-0.15, -0.1) is 0 Å². The Morgan fingerprint density at radius 3 is 2.25 bits per heavy atom. The molecular formula is C10H13NO. The van der Waals surface area contributed by atoms with Crippen LogP contribution in [-0.4, -0.2) is 6.08 Å². The van der Waals surface area contributed by atoms with Crippen LogP contribution < -0.4 is 0 Å². The maximum atomic E-state index is 8.35. The Hall–Kier alpha value is -1.40. The molecule has 12 heavy (non-hydrogen) atoms. The summed E-state index contributed by atoms with van der Waals surface area (Å²) in [4.78, 5) is 8.35. The number of benzene rings is 1. The topological polar surface area (TPSA) is 40.9 Å². The summed E-state index contributed by atoms with van der Waals surface area (Å²) in [5.41, 5.74) is 2.86. The molecule has 0 aliphatic rings. The first kappa shape index (κ1) is 10.6. The van der Waals surface area contributed by atoms with Crippen molar-refractivity contribution < 1.29 is 4.79 Å². The first-order chi connectivity index (χ1) is 5.76. The fourth-order valence-electron chi connectivity index (χ4n) is 1.01. The third-order valence-electron chi connectivity index (χ3n) is 1.64. The molecular weight excluding hydrogens is 150 g/mol. The van der Waals surface area contributed by atoms with Crippen molar-refractivity contribution in [2.45, 2.75) is 20.3 Å². The Bertz CT molecular complexity index is 262. The molecule has 0 aliphatic carbocycles. The Balaban J connectivity index is 0.000000354. The van der Waals surface area contributed by atoms with Gasteiger partial charge in [0.05, 0.1) is 0 Å². The van der Waals surface area contributed by atoms with Gasteiger partial charge in [-0.25, -0.2) is 10.2 Å².